The number of morpholine rings is 2. The van der Waals surface area contributed by atoms with Crippen LogP contribution in [0.3, 0.4) is 0 Å². The standard InChI is InChI=1S/C23H28ClF6N3O3.C12H16F6N2O2.C11H12ClNO2.CH4/c24-17-2-1-16(13-18(17)32-9-11-35-12-10-32)14-31-6-3-21(15-31)4-7-33(8-5-21)20(34)36-19(22(25,26)27)23(28,29)30;13-11(14,15)8(12(16,17)18)22-9(21)20-5-2-10(3-6-20)1-4-19-7-10;12-10-2-1-9(8-14)7-11(10)13-3-5-15-6-4-13;/h1-2,13,19H,3-12,14-15H2;8,19H,1-7H2;1-2,7-8H,3-6H2;1H4. The number of nitrogens with one attached hydrogen (secondary N) is 1. The third-order valence-corrected chi connectivity index (χ3v) is 14.5. The molecule has 6 aliphatic heterocycles. The quantitative estimate of drug-likeness (QED) is 0.211. The summed E-state index contributed by atoms with van der Waals surface area (Å²) in [6.07, 6.45) is -29.6. The van der Waals surface area contributed by atoms with Crippen LogP contribution in [0.2, 0.25) is 10.0 Å². The van der Waals surface area contributed by atoms with Crippen molar-refractivity contribution in [2.45, 2.75) is 89.4 Å². The van der Waals surface area contributed by atoms with Gasteiger partial charge in [-0.25, -0.2) is 9.59 Å². The van der Waals surface area contributed by atoms with Crippen LogP contribution in [0.25, 0.3) is 0 Å². The number of rotatable bonds is 7. The molecule has 0 unspecified atom stereocenters. The van der Waals surface area contributed by atoms with Gasteiger partial charge in [0.2, 0.25) is 0 Å². The minimum atomic E-state index is -5.72. The van der Waals surface area contributed by atoms with Crippen LogP contribution in [0.4, 0.5) is 73.6 Å². The molecule has 0 aromatic heterocycles. The fraction of sp³-hybridized carbons (Fsp3) is 0.681. The summed E-state index contributed by atoms with van der Waals surface area (Å²) in [4.78, 5) is 42.8. The van der Waals surface area contributed by atoms with E-state index in [2.05, 4.69) is 35.6 Å². The average molecular weight is 1120 g/mol. The van der Waals surface area contributed by atoms with Crippen molar-refractivity contribution < 1.29 is 86.0 Å². The molecule has 0 saturated carbocycles. The molecule has 27 heteroatoms. The van der Waals surface area contributed by atoms with Crippen LogP contribution in [-0.2, 0) is 25.5 Å². The normalized spacial score (nSPS) is 20.4. The van der Waals surface area contributed by atoms with Crippen LogP contribution in [-0.4, -0.2) is 175 Å². The Labute approximate surface area is 430 Å². The lowest BCUT2D eigenvalue weighted by Crippen LogP contribution is -2.50. The largest absolute Gasteiger partial charge is 0.434 e. The fourth-order valence-corrected chi connectivity index (χ4v) is 10.2. The van der Waals surface area contributed by atoms with E-state index in [4.69, 9.17) is 32.7 Å². The van der Waals surface area contributed by atoms with E-state index in [-0.39, 0.29) is 44.4 Å². The van der Waals surface area contributed by atoms with E-state index >= 15 is 0 Å². The highest BCUT2D eigenvalue weighted by Gasteiger charge is 2.61. The van der Waals surface area contributed by atoms with Crippen molar-refractivity contribution in [2.24, 2.45) is 10.8 Å². The molecule has 418 valence electrons. The number of carbonyl (C=O) groups is 3. The maximum absolute atomic E-state index is 12.7. The minimum absolute atomic E-state index is 0. The van der Waals surface area contributed by atoms with Gasteiger partial charge in [-0.2, -0.15) is 52.7 Å². The van der Waals surface area contributed by atoms with Gasteiger partial charge >= 0.3 is 36.9 Å². The molecule has 0 bridgehead atoms. The Balaban J connectivity index is 0.000000226. The van der Waals surface area contributed by atoms with Gasteiger partial charge in [-0.15, -0.1) is 0 Å². The number of alkyl halides is 12. The molecule has 8 rings (SSSR count). The van der Waals surface area contributed by atoms with Gasteiger partial charge in [0.15, 0.2) is 0 Å². The first-order valence-electron chi connectivity index (χ1n) is 23.5. The molecule has 6 aliphatic rings. The van der Waals surface area contributed by atoms with Crippen LogP contribution in [0, 0.1) is 10.8 Å². The monoisotopic (exact) mass is 1120 g/mol. The van der Waals surface area contributed by atoms with E-state index in [0.29, 0.717) is 74.3 Å². The number of ether oxygens (including phenoxy) is 4. The van der Waals surface area contributed by atoms with Crippen molar-refractivity contribution >= 4 is 53.0 Å². The predicted octanol–water partition coefficient (Wildman–Crippen LogP) is 10.4. The van der Waals surface area contributed by atoms with Crippen molar-refractivity contribution in [3.63, 3.8) is 0 Å². The molecule has 0 atom stereocenters. The molecule has 2 amide bonds. The molecule has 2 spiro atoms. The maximum atomic E-state index is 12.7. The number of halogens is 14. The zero-order valence-corrected chi connectivity index (χ0v) is 40.9. The molecule has 6 heterocycles. The summed E-state index contributed by atoms with van der Waals surface area (Å²) in [5, 5.41) is 4.53. The second-order valence-electron chi connectivity index (χ2n) is 18.9. The number of piperidine rings is 2. The zero-order chi connectivity index (χ0) is 53.4. The minimum Gasteiger partial charge on any atom is -0.426 e. The molecule has 6 fully saturated rings. The first kappa shape index (κ1) is 60.7. The zero-order valence-electron chi connectivity index (χ0n) is 39.3. The number of likely N-dealkylation sites (tertiary alicyclic amines) is 3. The van der Waals surface area contributed by atoms with Gasteiger partial charge in [0, 0.05) is 77.6 Å². The summed E-state index contributed by atoms with van der Waals surface area (Å²) >= 11 is 12.5. The highest BCUT2D eigenvalue weighted by Crippen LogP contribution is 2.43. The summed E-state index contributed by atoms with van der Waals surface area (Å²) in [7, 11) is 0. The lowest BCUT2D eigenvalue weighted by molar-refractivity contribution is -0.309. The maximum Gasteiger partial charge on any atom is 0.434 e. The van der Waals surface area contributed by atoms with Gasteiger partial charge in [-0.1, -0.05) is 42.8 Å². The van der Waals surface area contributed by atoms with Crippen molar-refractivity contribution in [1.29, 1.82) is 0 Å². The van der Waals surface area contributed by atoms with E-state index in [1.165, 1.54) is 0 Å². The fourth-order valence-electron chi connectivity index (χ4n) is 9.72. The van der Waals surface area contributed by atoms with Gasteiger partial charge in [-0.3, -0.25) is 9.69 Å². The molecule has 0 aliphatic carbocycles. The molecule has 0 radical (unpaired) electrons. The first-order chi connectivity index (χ1) is 34.2. The van der Waals surface area contributed by atoms with Crippen LogP contribution in [0.1, 0.15) is 61.9 Å². The number of carbonyl (C=O) groups excluding carboxylic acids is 3. The molecule has 74 heavy (non-hydrogen) atoms. The summed E-state index contributed by atoms with van der Waals surface area (Å²) in [6.45, 7) is 10.0. The number of nitrogens with zero attached hydrogens (tertiary/aromatic N) is 5. The third kappa shape index (κ3) is 16.4. The number of benzene rings is 2. The van der Waals surface area contributed by atoms with Crippen molar-refractivity contribution in [3.8, 4) is 0 Å². The van der Waals surface area contributed by atoms with E-state index in [9.17, 15) is 67.1 Å². The lowest BCUT2D eigenvalue weighted by atomic mass is 9.78. The smallest absolute Gasteiger partial charge is 0.426 e. The average Bonchev–Trinajstić information content (AvgIpc) is 3.96. The Kier molecular flexibility index (Phi) is 20.8. The molecule has 2 aromatic rings. The second kappa shape index (κ2) is 25.3. The Morgan fingerprint density at radius 3 is 1.45 bits per heavy atom. The van der Waals surface area contributed by atoms with Gasteiger partial charge in [0.25, 0.3) is 12.2 Å². The molecule has 2 aromatic carbocycles. The summed E-state index contributed by atoms with van der Waals surface area (Å²) in [5.74, 6) is 0. The van der Waals surface area contributed by atoms with Crippen molar-refractivity contribution in [2.75, 3.05) is 115 Å². The second-order valence-corrected chi connectivity index (χ2v) is 19.7. The molecule has 1 N–H and O–H groups in total. The Bertz CT molecular complexity index is 2130. The molecule has 13 nitrogen and oxygen atoms in total. The number of aldehydes is 1. The highest BCUT2D eigenvalue weighted by atomic mass is 35.5. The SMILES string of the molecule is C.O=C(OC(C(F)(F)F)C(F)(F)F)N1CCC2(CCN(Cc3ccc(Cl)c(N4CCOCC4)c3)C2)CC1.O=C(OC(C(F)(F)F)C(F)(F)F)N1CCC2(CCNC2)CC1.O=Cc1ccc(Cl)c(N2CCOCC2)c1. The van der Waals surface area contributed by atoms with Gasteiger partial charge in [0.05, 0.1) is 47.8 Å². The number of anilines is 2. The summed E-state index contributed by atoms with van der Waals surface area (Å²) in [5.41, 5.74) is 3.50. The van der Waals surface area contributed by atoms with Crippen molar-refractivity contribution in [3.05, 3.63) is 57.6 Å². The predicted molar refractivity (Wildman–Crippen MR) is 250 cm³/mol. The van der Waals surface area contributed by atoms with E-state index in [1.54, 1.807) is 12.1 Å². The van der Waals surface area contributed by atoms with Gasteiger partial charge in [-0.05, 0) is 92.3 Å². The highest BCUT2D eigenvalue weighted by molar-refractivity contribution is 6.33. The van der Waals surface area contributed by atoms with Crippen LogP contribution in [0.5, 0.6) is 0 Å². The first-order valence-corrected chi connectivity index (χ1v) is 24.3. The van der Waals surface area contributed by atoms with Crippen LogP contribution >= 0.6 is 23.2 Å². The van der Waals surface area contributed by atoms with Gasteiger partial charge < -0.3 is 43.9 Å². The molecular weight excluding hydrogens is 1060 g/mol. The van der Waals surface area contributed by atoms with Crippen LogP contribution in [0.15, 0.2) is 36.4 Å². The van der Waals surface area contributed by atoms with Crippen molar-refractivity contribution in [1.82, 2.24) is 20.0 Å². The van der Waals surface area contributed by atoms with E-state index in [1.807, 2.05) is 18.2 Å². The van der Waals surface area contributed by atoms with Gasteiger partial charge in [0.1, 0.15) is 6.29 Å². The third-order valence-electron chi connectivity index (χ3n) is 13.9. The lowest BCUT2D eigenvalue weighted by Gasteiger charge is -2.39. The number of hydrogen-bond donors (Lipinski definition) is 1. The Morgan fingerprint density at radius 1 is 0.608 bits per heavy atom. The summed E-state index contributed by atoms with van der Waals surface area (Å²) < 4.78 is 169. The van der Waals surface area contributed by atoms with E-state index < -0.39 is 49.1 Å². The van der Waals surface area contributed by atoms with Crippen LogP contribution < -0.4 is 15.1 Å². The number of hydrogen-bond acceptors (Lipinski definition) is 11. The summed E-state index contributed by atoms with van der Waals surface area (Å²) in [6, 6.07) is 11.2. The Morgan fingerprint density at radius 2 is 1.03 bits per heavy atom. The topological polar surface area (TPSA) is 116 Å². The number of amides is 2. The van der Waals surface area contributed by atoms with E-state index in [0.717, 1.165) is 98.2 Å². The molecule has 6 saturated heterocycles. The Hall–Kier alpha value is -4.17. The molecular formula is C47H60Cl2F12N6O7.